The molecule has 1 aromatic carbocycles. The number of halogens is 1. The summed E-state index contributed by atoms with van der Waals surface area (Å²) in [6.07, 6.45) is -0.718. The van der Waals surface area contributed by atoms with Crippen LogP contribution in [-0.4, -0.2) is 35.4 Å². The minimum Gasteiger partial charge on any atom is -0.393 e. The van der Waals surface area contributed by atoms with Gasteiger partial charge in [-0.25, -0.2) is 0 Å². The summed E-state index contributed by atoms with van der Waals surface area (Å²) in [4.78, 5) is 11.1. The Bertz CT molecular complexity index is 357. The van der Waals surface area contributed by atoms with E-state index in [2.05, 4.69) is 5.32 Å². The minimum atomic E-state index is -1.35. The maximum absolute atomic E-state index is 11.1. The predicted molar refractivity (Wildman–Crippen MR) is 61.3 cm³/mol. The molecule has 0 saturated heterocycles. The Morgan fingerprint density at radius 1 is 1.50 bits per heavy atom. The fourth-order valence-electron chi connectivity index (χ4n) is 1.22. The Kier molecular flexibility index (Phi) is 5.25. The summed E-state index contributed by atoms with van der Waals surface area (Å²) in [5.74, 6) is -0.565. The van der Waals surface area contributed by atoms with E-state index in [0.29, 0.717) is 18.0 Å². The summed E-state index contributed by atoms with van der Waals surface area (Å²) in [6, 6.07) is 7.33. The molecule has 0 aliphatic heterocycles. The van der Waals surface area contributed by atoms with Crippen molar-refractivity contribution in [1.82, 2.24) is 5.32 Å². The van der Waals surface area contributed by atoms with E-state index in [9.17, 15) is 4.79 Å². The van der Waals surface area contributed by atoms with Crippen molar-refractivity contribution in [1.29, 1.82) is 0 Å². The van der Waals surface area contributed by atoms with E-state index in [1.165, 1.54) is 0 Å². The van der Waals surface area contributed by atoms with Crippen molar-refractivity contribution in [2.24, 2.45) is 0 Å². The monoisotopic (exact) mass is 243 g/mol. The number of carbonyl (C=O) groups is 1. The van der Waals surface area contributed by atoms with Crippen molar-refractivity contribution >= 4 is 17.5 Å². The number of benzene rings is 1. The van der Waals surface area contributed by atoms with E-state index in [4.69, 9.17) is 21.8 Å². The quantitative estimate of drug-likeness (QED) is 0.699. The number of aliphatic hydroxyl groups excluding tert-OH is 2. The zero-order chi connectivity index (χ0) is 12.0. The highest BCUT2D eigenvalue weighted by Gasteiger charge is 2.11. The van der Waals surface area contributed by atoms with Gasteiger partial charge in [0.05, 0.1) is 6.61 Å². The van der Waals surface area contributed by atoms with Gasteiger partial charge in [-0.1, -0.05) is 23.7 Å². The molecule has 1 aromatic rings. The molecule has 16 heavy (non-hydrogen) atoms. The molecule has 4 nitrogen and oxygen atoms in total. The Morgan fingerprint density at radius 2 is 2.25 bits per heavy atom. The van der Waals surface area contributed by atoms with Gasteiger partial charge in [-0.05, 0) is 24.1 Å². The summed E-state index contributed by atoms with van der Waals surface area (Å²) in [5.41, 5.74) is 1.01. The van der Waals surface area contributed by atoms with E-state index in [-0.39, 0.29) is 0 Å². The molecule has 0 aliphatic carbocycles. The zero-order valence-corrected chi connectivity index (χ0v) is 9.44. The van der Waals surface area contributed by atoms with Crippen LogP contribution in [0.1, 0.15) is 5.56 Å². The van der Waals surface area contributed by atoms with Crippen LogP contribution < -0.4 is 5.32 Å². The number of carbonyl (C=O) groups excluding carboxylic acids is 1. The molecule has 0 bridgehead atoms. The molecule has 5 heteroatoms. The predicted octanol–water partition coefficient (Wildman–Crippen LogP) is 0.352. The van der Waals surface area contributed by atoms with Crippen LogP contribution >= 0.6 is 11.6 Å². The maximum Gasteiger partial charge on any atom is 0.251 e. The molecule has 1 amide bonds. The molecule has 1 unspecified atom stereocenters. The molecule has 0 aliphatic rings. The molecule has 0 heterocycles. The first-order valence-corrected chi connectivity index (χ1v) is 5.32. The molecule has 1 atom stereocenters. The molecule has 88 valence electrons. The Morgan fingerprint density at radius 3 is 2.88 bits per heavy atom. The van der Waals surface area contributed by atoms with Crippen LogP contribution in [-0.2, 0) is 11.2 Å². The van der Waals surface area contributed by atoms with Crippen LogP contribution in [0.4, 0.5) is 0 Å². The van der Waals surface area contributed by atoms with Gasteiger partial charge in [0.1, 0.15) is 0 Å². The van der Waals surface area contributed by atoms with Crippen LogP contribution in [0, 0.1) is 0 Å². The van der Waals surface area contributed by atoms with E-state index >= 15 is 0 Å². The van der Waals surface area contributed by atoms with Crippen LogP contribution in [0.3, 0.4) is 0 Å². The molecular formula is C11H14ClNO3. The van der Waals surface area contributed by atoms with Crippen molar-refractivity contribution < 1.29 is 15.0 Å². The minimum absolute atomic E-state index is 0.399. The Balaban J connectivity index is 2.33. The van der Waals surface area contributed by atoms with Crippen LogP contribution in [0.25, 0.3) is 0 Å². The van der Waals surface area contributed by atoms with Crippen molar-refractivity contribution in [3.8, 4) is 0 Å². The van der Waals surface area contributed by atoms with Crippen molar-refractivity contribution in [3.05, 3.63) is 34.9 Å². The van der Waals surface area contributed by atoms with Crippen molar-refractivity contribution in [2.75, 3.05) is 13.2 Å². The van der Waals surface area contributed by atoms with Gasteiger partial charge in [0.25, 0.3) is 5.91 Å². The lowest BCUT2D eigenvalue weighted by atomic mass is 10.1. The highest BCUT2D eigenvalue weighted by molar-refractivity contribution is 6.30. The topological polar surface area (TPSA) is 69.6 Å². The fraction of sp³-hybridized carbons (Fsp3) is 0.364. The number of rotatable bonds is 5. The van der Waals surface area contributed by atoms with Crippen LogP contribution in [0.15, 0.2) is 24.3 Å². The second kappa shape index (κ2) is 6.48. The van der Waals surface area contributed by atoms with Gasteiger partial charge in [0, 0.05) is 11.6 Å². The number of hydrogen-bond acceptors (Lipinski definition) is 3. The van der Waals surface area contributed by atoms with Gasteiger partial charge in [-0.3, -0.25) is 4.79 Å². The molecule has 0 fully saturated rings. The van der Waals surface area contributed by atoms with Gasteiger partial charge < -0.3 is 15.5 Å². The summed E-state index contributed by atoms with van der Waals surface area (Å²) in [7, 11) is 0. The zero-order valence-electron chi connectivity index (χ0n) is 8.69. The van der Waals surface area contributed by atoms with Crippen molar-refractivity contribution in [2.45, 2.75) is 12.5 Å². The molecule has 1 rings (SSSR count). The van der Waals surface area contributed by atoms with Gasteiger partial charge in [-0.2, -0.15) is 0 Å². The maximum atomic E-state index is 11.1. The first-order chi connectivity index (χ1) is 7.63. The van der Waals surface area contributed by atoms with Gasteiger partial charge in [-0.15, -0.1) is 0 Å². The molecule has 0 saturated carbocycles. The largest absolute Gasteiger partial charge is 0.393 e. The van der Waals surface area contributed by atoms with Gasteiger partial charge in [0.2, 0.25) is 0 Å². The van der Waals surface area contributed by atoms with Crippen LogP contribution in [0.2, 0.25) is 5.02 Å². The van der Waals surface area contributed by atoms with Crippen molar-refractivity contribution in [3.63, 3.8) is 0 Å². The standard InChI is InChI=1S/C11H14ClNO3/c12-9-3-1-2-8(6-9)4-5-13-11(16)10(15)7-14/h1-3,6,10,14-15H,4-5,7H2,(H,13,16). The number of amides is 1. The van der Waals surface area contributed by atoms with E-state index in [0.717, 1.165) is 5.56 Å². The normalized spacial score (nSPS) is 12.2. The lowest BCUT2D eigenvalue weighted by Crippen LogP contribution is -2.37. The number of hydrogen-bond donors (Lipinski definition) is 3. The lowest BCUT2D eigenvalue weighted by Gasteiger charge is -2.08. The molecule has 3 N–H and O–H groups in total. The summed E-state index contributed by atoms with van der Waals surface area (Å²) >= 11 is 5.80. The summed E-state index contributed by atoms with van der Waals surface area (Å²) < 4.78 is 0. The summed E-state index contributed by atoms with van der Waals surface area (Å²) in [6.45, 7) is -0.167. The highest BCUT2D eigenvalue weighted by atomic mass is 35.5. The fourth-order valence-corrected chi connectivity index (χ4v) is 1.44. The first-order valence-electron chi connectivity index (χ1n) is 4.94. The second-order valence-corrected chi connectivity index (χ2v) is 3.81. The third-order valence-corrected chi connectivity index (χ3v) is 2.31. The van der Waals surface area contributed by atoms with E-state index in [1.807, 2.05) is 18.2 Å². The van der Waals surface area contributed by atoms with E-state index in [1.54, 1.807) is 6.07 Å². The third kappa shape index (κ3) is 4.18. The van der Waals surface area contributed by atoms with E-state index < -0.39 is 18.6 Å². The molecule has 0 spiro atoms. The average molecular weight is 244 g/mol. The molecule has 0 radical (unpaired) electrons. The smallest absolute Gasteiger partial charge is 0.251 e. The molecular weight excluding hydrogens is 230 g/mol. The second-order valence-electron chi connectivity index (χ2n) is 3.37. The van der Waals surface area contributed by atoms with Gasteiger partial charge >= 0.3 is 0 Å². The first kappa shape index (κ1) is 13.0. The van der Waals surface area contributed by atoms with Gasteiger partial charge in [0.15, 0.2) is 6.10 Å². The average Bonchev–Trinajstić information content (AvgIpc) is 2.28. The third-order valence-electron chi connectivity index (χ3n) is 2.08. The Labute approximate surface area is 98.9 Å². The molecule has 0 aromatic heterocycles. The Hall–Kier alpha value is -1.10. The number of nitrogens with one attached hydrogen (secondary N) is 1. The lowest BCUT2D eigenvalue weighted by molar-refractivity contribution is -0.131. The highest BCUT2D eigenvalue weighted by Crippen LogP contribution is 2.10. The SMILES string of the molecule is O=C(NCCc1cccc(Cl)c1)C(O)CO. The summed E-state index contributed by atoms with van der Waals surface area (Å²) in [5, 5.41) is 20.7. The van der Waals surface area contributed by atoms with Crippen LogP contribution in [0.5, 0.6) is 0 Å². The number of aliphatic hydroxyl groups is 2.